The molecule has 1 fully saturated rings. The molecule has 0 radical (unpaired) electrons. The van der Waals surface area contributed by atoms with E-state index in [-0.39, 0.29) is 11.7 Å². The summed E-state index contributed by atoms with van der Waals surface area (Å²) in [7, 11) is 0. The van der Waals surface area contributed by atoms with Crippen molar-refractivity contribution in [3.8, 4) is 11.4 Å². The van der Waals surface area contributed by atoms with E-state index < -0.39 is 12.0 Å². The molecule has 1 aliphatic heterocycles. The number of carboxylic acids is 1. The number of likely N-dealkylation sites (tertiary alicyclic amines) is 1. The number of hydrogen-bond acceptors (Lipinski definition) is 5. The van der Waals surface area contributed by atoms with E-state index in [2.05, 4.69) is 10.1 Å². The normalized spacial score (nSPS) is 20.3. The van der Waals surface area contributed by atoms with E-state index in [1.54, 1.807) is 19.1 Å². The second-order valence-electron chi connectivity index (χ2n) is 5.81. The lowest BCUT2D eigenvalue weighted by Crippen LogP contribution is -2.44. The maximum absolute atomic E-state index is 13.0. The van der Waals surface area contributed by atoms with E-state index in [9.17, 15) is 9.18 Å². The lowest BCUT2D eigenvalue weighted by atomic mass is 9.97. The number of nitrogens with zero attached hydrogens (tertiary/aromatic N) is 3. The first-order chi connectivity index (χ1) is 11.0. The highest BCUT2D eigenvalue weighted by atomic mass is 19.1. The molecule has 2 aromatic rings. The van der Waals surface area contributed by atoms with Crippen LogP contribution in [0.2, 0.25) is 0 Å². The summed E-state index contributed by atoms with van der Waals surface area (Å²) in [6, 6.07) is 5.37. The van der Waals surface area contributed by atoms with E-state index in [1.807, 2.05) is 4.90 Å². The summed E-state index contributed by atoms with van der Waals surface area (Å²) in [6.45, 7) is 3.02. The number of rotatable bonds is 4. The molecule has 1 aliphatic rings. The molecule has 1 N–H and O–H groups in total. The Morgan fingerprint density at radius 3 is 2.87 bits per heavy atom. The molecule has 0 bridgehead atoms. The smallest absolute Gasteiger partial charge is 0.320 e. The van der Waals surface area contributed by atoms with Crippen molar-refractivity contribution >= 4 is 5.97 Å². The summed E-state index contributed by atoms with van der Waals surface area (Å²) in [5.41, 5.74) is 0.688. The Labute approximate surface area is 132 Å². The van der Waals surface area contributed by atoms with Crippen LogP contribution in [0.4, 0.5) is 4.39 Å². The Morgan fingerprint density at radius 2 is 2.17 bits per heavy atom. The monoisotopic (exact) mass is 319 g/mol. The summed E-state index contributed by atoms with van der Waals surface area (Å²) in [4.78, 5) is 17.4. The van der Waals surface area contributed by atoms with Gasteiger partial charge in [0.25, 0.3) is 0 Å². The van der Waals surface area contributed by atoms with Crippen molar-refractivity contribution in [2.24, 2.45) is 0 Å². The Kier molecular flexibility index (Phi) is 4.38. The highest BCUT2D eigenvalue weighted by Gasteiger charge is 2.30. The standard InChI is InChI=1S/C16H18FN3O3/c1-10(16(21)22)20-8-2-3-12(9-20)15-18-14(19-23-15)11-4-6-13(17)7-5-11/h4-7,10,12H,2-3,8-9H2,1H3,(H,21,22). The van der Waals surface area contributed by atoms with Gasteiger partial charge in [0.05, 0.1) is 5.92 Å². The van der Waals surface area contributed by atoms with Gasteiger partial charge >= 0.3 is 5.97 Å². The van der Waals surface area contributed by atoms with Gasteiger partial charge in [-0.15, -0.1) is 0 Å². The molecule has 7 heteroatoms. The summed E-state index contributed by atoms with van der Waals surface area (Å²) in [5.74, 6) is -0.200. The van der Waals surface area contributed by atoms with E-state index in [1.165, 1.54) is 12.1 Å². The molecule has 0 aliphatic carbocycles. The lowest BCUT2D eigenvalue weighted by molar-refractivity contribution is -0.143. The molecule has 1 saturated heterocycles. The van der Waals surface area contributed by atoms with Crippen molar-refractivity contribution in [3.05, 3.63) is 36.0 Å². The van der Waals surface area contributed by atoms with Gasteiger partial charge in [0.2, 0.25) is 11.7 Å². The number of benzene rings is 1. The molecule has 0 saturated carbocycles. The summed E-state index contributed by atoms with van der Waals surface area (Å²) >= 11 is 0. The fourth-order valence-electron chi connectivity index (χ4n) is 2.83. The number of aromatic nitrogens is 2. The highest BCUT2D eigenvalue weighted by Crippen LogP contribution is 2.28. The Morgan fingerprint density at radius 1 is 1.43 bits per heavy atom. The van der Waals surface area contributed by atoms with Crippen LogP contribution in [-0.2, 0) is 4.79 Å². The van der Waals surface area contributed by atoms with E-state index in [0.717, 1.165) is 19.4 Å². The quantitative estimate of drug-likeness (QED) is 0.933. The van der Waals surface area contributed by atoms with Crippen LogP contribution in [0.25, 0.3) is 11.4 Å². The van der Waals surface area contributed by atoms with Gasteiger partial charge in [0.15, 0.2) is 0 Å². The molecule has 0 amide bonds. The SMILES string of the molecule is CC(C(=O)O)N1CCCC(c2nc(-c3ccc(F)cc3)no2)C1. The number of halogens is 1. The van der Waals surface area contributed by atoms with Crippen molar-refractivity contribution in [3.63, 3.8) is 0 Å². The van der Waals surface area contributed by atoms with Gasteiger partial charge in [-0.3, -0.25) is 9.69 Å². The van der Waals surface area contributed by atoms with E-state index in [4.69, 9.17) is 9.63 Å². The first kappa shape index (κ1) is 15.6. The molecule has 3 rings (SSSR count). The summed E-state index contributed by atoms with van der Waals surface area (Å²) in [6.07, 6.45) is 1.77. The van der Waals surface area contributed by atoms with Crippen molar-refractivity contribution in [1.82, 2.24) is 15.0 Å². The molecule has 23 heavy (non-hydrogen) atoms. The average molecular weight is 319 g/mol. The topological polar surface area (TPSA) is 79.5 Å². The molecule has 1 aromatic heterocycles. The van der Waals surface area contributed by atoms with Crippen LogP contribution in [0.5, 0.6) is 0 Å². The van der Waals surface area contributed by atoms with Crippen LogP contribution < -0.4 is 0 Å². The summed E-state index contributed by atoms with van der Waals surface area (Å²) < 4.78 is 18.3. The highest BCUT2D eigenvalue weighted by molar-refractivity contribution is 5.72. The number of aliphatic carboxylic acids is 1. The van der Waals surface area contributed by atoms with Gasteiger partial charge in [0, 0.05) is 12.1 Å². The summed E-state index contributed by atoms with van der Waals surface area (Å²) in [5, 5.41) is 13.1. The maximum atomic E-state index is 13.0. The maximum Gasteiger partial charge on any atom is 0.320 e. The van der Waals surface area contributed by atoms with Crippen molar-refractivity contribution in [2.45, 2.75) is 31.7 Å². The minimum absolute atomic E-state index is 0.0206. The van der Waals surface area contributed by atoms with Crippen LogP contribution in [0.15, 0.2) is 28.8 Å². The van der Waals surface area contributed by atoms with Crippen LogP contribution >= 0.6 is 0 Å². The van der Waals surface area contributed by atoms with Gasteiger partial charge in [0.1, 0.15) is 11.9 Å². The molecule has 2 unspecified atom stereocenters. The van der Waals surface area contributed by atoms with Gasteiger partial charge in [-0.25, -0.2) is 4.39 Å². The van der Waals surface area contributed by atoms with Crippen molar-refractivity contribution < 1.29 is 18.8 Å². The molecule has 2 atom stereocenters. The van der Waals surface area contributed by atoms with Gasteiger partial charge in [-0.1, -0.05) is 5.16 Å². The number of carbonyl (C=O) groups is 1. The number of piperidine rings is 1. The Balaban J connectivity index is 1.74. The molecule has 122 valence electrons. The van der Waals surface area contributed by atoms with Crippen molar-refractivity contribution in [2.75, 3.05) is 13.1 Å². The second-order valence-corrected chi connectivity index (χ2v) is 5.81. The van der Waals surface area contributed by atoms with E-state index in [0.29, 0.717) is 23.8 Å². The molecular formula is C16H18FN3O3. The largest absolute Gasteiger partial charge is 0.480 e. The zero-order chi connectivity index (χ0) is 16.4. The van der Waals surface area contributed by atoms with Crippen molar-refractivity contribution in [1.29, 1.82) is 0 Å². The fraction of sp³-hybridized carbons (Fsp3) is 0.438. The third kappa shape index (κ3) is 3.39. The molecular weight excluding hydrogens is 301 g/mol. The first-order valence-corrected chi connectivity index (χ1v) is 7.61. The minimum atomic E-state index is -0.830. The third-order valence-electron chi connectivity index (χ3n) is 4.25. The van der Waals surface area contributed by atoms with Crippen LogP contribution in [0.1, 0.15) is 31.6 Å². The van der Waals surface area contributed by atoms with Gasteiger partial charge < -0.3 is 9.63 Å². The zero-order valence-corrected chi connectivity index (χ0v) is 12.8. The van der Waals surface area contributed by atoms with Crippen LogP contribution in [-0.4, -0.2) is 45.2 Å². The number of hydrogen-bond donors (Lipinski definition) is 1. The average Bonchev–Trinajstić information content (AvgIpc) is 3.05. The Hall–Kier alpha value is -2.28. The Bertz CT molecular complexity index is 686. The first-order valence-electron chi connectivity index (χ1n) is 7.61. The number of carboxylic acid groups (broad SMARTS) is 1. The molecule has 0 spiro atoms. The lowest BCUT2D eigenvalue weighted by Gasteiger charge is -2.33. The minimum Gasteiger partial charge on any atom is -0.480 e. The molecule has 6 nitrogen and oxygen atoms in total. The third-order valence-corrected chi connectivity index (χ3v) is 4.25. The predicted octanol–water partition coefficient (Wildman–Crippen LogP) is 2.53. The fourth-order valence-corrected chi connectivity index (χ4v) is 2.83. The van der Waals surface area contributed by atoms with Gasteiger partial charge in [-0.05, 0) is 50.6 Å². The predicted molar refractivity (Wildman–Crippen MR) is 80.3 cm³/mol. The van der Waals surface area contributed by atoms with Crippen LogP contribution in [0, 0.1) is 5.82 Å². The van der Waals surface area contributed by atoms with Gasteiger partial charge in [-0.2, -0.15) is 4.98 Å². The second kappa shape index (κ2) is 6.45. The molecule has 2 heterocycles. The zero-order valence-electron chi connectivity index (χ0n) is 12.8. The van der Waals surface area contributed by atoms with E-state index >= 15 is 0 Å². The molecule has 1 aromatic carbocycles. The van der Waals surface area contributed by atoms with Crippen LogP contribution in [0.3, 0.4) is 0 Å².